The number of carbonyl (C=O) groups is 1. The Kier molecular flexibility index (Phi) is 6.08. The first kappa shape index (κ1) is 13.1. The normalized spacial score (nSPS) is 8.79. The SMILES string of the molecule is CCC(=O)O.Nc1ccc(Cl)c(Cl)c1. The van der Waals surface area contributed by atoms with Crippen molar-refractivity contribution >= 4 is 34.9 Å². The van der Waals surface area contributed by atoms with E-state index in [0.717, 1.165) is 0 Å². The summed E-state index contributed by atoms with van der Waals surface area (Å²) >= 11 is 11.2. The first-order chi connectivity index (χ1) is 6.47. The Labute approximate surface area is 92.4 Å². The third-order valence-electron chi connectivity index (χ3n) is 1.25. The predicted molar refractivity (Wildman–Crippen MR) is 58.8 cm³/mol. The van der Waals surface area contributed by atoms with Gasteiger partial charge in [-0.05, 0) is 18.2 Å². The predicted octanol–water partition coefficient (Wildman–Crippen LogP) is 3.06. The van der Waals surface area contributed by atoms with Crippen LogP contribution in [0, 0.1) is 0 Å². The maximum Gasteiger partial charge on any atom is 0.303 e. The summed E-state index contributed by atoms with van der Waals surface area (Å²) in [7, 11) is 0. The minimum absolute atomic E-state index is 0.222. The van der Waals surface area contributed by atoms with Crippen molar-refractivity contribution in [3.63, 3.8) is 0 Å². The molecule has 0 heterocycles. The van der Waals surface area contributed by atoms with Crippen molar-refractivity contribution < 1.29 is 9.90 Å². The third-order valence-corrected chi connectivity index (χ3v) is 1.99. The molecule has 0 saturated heterocycles. The molecule has 0 aliphatic heterocycles. The lowest BCUT2D eigenvalue weighted by Gasteiger charge is -1.94. The molecule has 3 N–H and O–H groups in total. The zero-order valence-electron chi connectivity index (χ0n) is 7.63. The lowest BCUT2D eigenvalue weighted by molar-refractivity contribution is -0.136. The van der Waals surface area contributed by atoms with Crippen LogP contribution in [0.2, 0.25) is 10.0 Å². The Bertz CT molecular complexity index is 316. The Balaban J connectivity index is 0.000000292. The van der Waals surface area contributed by atoms with Crippen LogP contribution in [0.3, 0.4) is 0 Å². The highest BCUT2D eigenvalue weighted by Gasteiger charge is 1.94. The number of rotatable bonds is 1. The van der Waals surface area contributed by atoms with Crippen LogP contribution in [0.15, 0.2) is 18.2 Å². The van der Waals surface area contributed by atoms with E-state index < -0.39 is 5.97 Å². The minimum atomic E-state index is -0.745. The summed E-state index contributed by atoms with van der Waals surface area (Å²) in [6.07, 6.45) is 0.222. The molecule has 0 spiro atoms. The molecular formula is C9H11Cl2NO2. The Morgan fingerprint density at radius 1 is 1.43 bits per heavy atom. The van der Waals surface area contributed by atoms with E-state index in [4.69, 9.17) is 34.0 Å². The van der Waals surface area contributed by atoms with Crippen molar-refractivity contribution in [3.8, 4) is 0 Å². The number of carboxylic acid groups (broad SMARTS) is 1. The second-order valence-corrected chi connectivity index (χ2v) is 3.24. The van der Waals surface area contributed by atoms with Crippen LogP contribution < -0.4 is 5.73 Å². The maximum atomic E-state index is 9.37. The number of hydrogen-bond donors (Lipinski definition) is 2. The lowest BCUT2D eigenvalue weighted by Crippen LogP contribution is -1.86. The minimum Gasteiger partial charge on any atom is -0.481 e. The van der Waals surface area contributed by atoms with Crippen LogP contribution in [0.5, 0.6) is 0 Å². The van der Waals surface area contributed by atoms with Gasteiger partial charge in [0.15, 0.2) is 0 Å². The number of halogens is 2. The molecule has 1 rings (SSSR count). The lowest BCUT2D eigenvalue weighted by atomic mass is 10.3. The Morgan fingerprint density at radius 3 is 2.21 bits per heavy atom. The van der Waals surface area contributed by atoms with Crippen LogP contribution in [-0.2, 0) is 4.79 Å². The molecule has 0 aromatic heterocycles. The molecular weight excluding hydrogens is 225 g/mol. The molecule has 1 aromatic rings. The quantitative estimate of drug-likeness (QED) is 0.736. The smallest absolute Gasteiger partial charge is 0.303 e. The molecule has 5 heteroatoms. The number of hydrogen-bond acceptors (Lipinski definition) is 2. The zero-order valence-corrected chi connectivity index (χ0v) is 9.14. The largest absolute Gasteiger partial charge is 0.481 e. The summed E-state index contributed by atoms with van der Waals surface area (Å²) < 4.78 is 0. The van der Waals surface area contributed by atoms with E-state index in [-0.39, 0.29) is 6.42 Å². The van der Waals surface area contributed by atoms with E-state index in [2.05, 4.69) is 0 Å². The topological polar surface area (TPSA) is 63.3 Å². The van der Waals surface area contributed by atoms with Gasteiger partial charge in [0.25, 0.3) is 0 Å². The molecule has 1 aromatic carbocycles. The standard InChI is InChI=1S/C6H5Cl2N.C3H6O2/c7-5-2-1-4(9)3-6(5)8;1-2-3(4)5/h1-3H,9H2;2H2,1H3,(H,4,5). The number of anilines is 1. The zero-order chi connectivity index (χ0) is 11.1. The van der Waals surface area contributed by atoms with Crippen molar-refractivity contribution in [3.05, 3.63) is 28.2 Å². The van der Waals surface area contributed by atoms with E-state index in [1.54, 1.807) is 25.1 Å². The van der Waals surface area contributed by atoms with Crippen LogP contribution in [0.4, 0.5) is 5.69 Å². The monoisotopic (exact) mass is 235 g/mol. The number of carboxylic acids is 1. The van der Waals surface area contributed by atoms with Crippen molar-refractivity contribution in [2.75, 3.05) is 5.73 Å². The molecule has 0 radical (unpaired) electrons. The van der Waals surface area contributed by atoms with Gasteiger partial charge in [-0.3, -0.25) is 4.79 Å². The van der Waals surface area contributed by atoms with Gasteiger partial charge < -0.3 is 10.8 Å². The average molecular weight is 236 g/mol. The van der Waals surface area contributed by atoms with Gasteiger partial charge in [0.2, 0.25) is 0 Å². The van der Waals surface area contributed by atoms with Crippen LogP contribution in [0.1, 0.15) is 13.3 Å². The summed E-state index contributed by atoms with van der Waals surface area (Å²) in [5.74, 6) is -0.745. The molecule has 0 amide bonds. The molecule has 78 valence electrons. The van der Waals surface area contributed by atoms with Gasteiger partial charge in [-0.15, -0.1) is 0 Å². The number of nitrogen functional groups attached to an aromatic ring is 1. The van der Waals surface area contributed by atoms with Gasteiger partial charge in [-0.25, -0.2) is 0 Å². The fourth-order valence-corrected chi connectivity index (χ4v) is 0.819. The number of aliphatic carboxylic acids is 1. The highest BCUT2D eigenvalue weighted by molar-refractivity contribution is 6.42. The Hall–Kier alpha value is -0.930. The summed E-state index contributed by atoms with van der Waals surface area (Å²) in [6.45, 7) is 1.60. The van der Waals surface area contributed by atoms with E-state index in [1.165, 1.54) is 0 Å². The van der Waals surface area contributed by atoms with Crippen LogP contribution in [0.25, 0.3) is 0 Å². The average Bonchev–Trinajstić information content (AvgIpc) is 2.13. The van der Waals surface area contributed by atoms with E-state index in [1.807, 2.05) is 0 Å². The van der Waals surface area contributed by atoms with Crippen LogP contribution in [-0.4, -0.2) is 11.1 Å². The fraction of sp³-hybridized carbons (Fsp3) is 0.222. The molecule has 0 aliphatic carbocycles. The van der Waals surface area contributed by atoms with Crippen molar-refractivity contribution in [1.29, 1.82) is 0 Å². The van der Waals surface area contributed by atoms with E-state index in [9.17, 15) is 4.79 Å². The van der Waals surface area contributed by atoms with Crippen molar-refractivity contribution in [1.82, 2.24) is 0 Å². The molecule has 0 atom stereocenters. The van der Waals surface area contributed by atoms with Gasteiger partial charge in [0, 0.05) is 12.1 Å². The van der Waals surface area contributed by atoms with E-state index >= 15 is 0 Å². The summed E-state index contributed by atoms with van der Waals surface area (Å²) in [6, 6.07) is 4.98. The first-order valence-corrected chi connectivity index (χ1v) is 4.65. The van der Waals surface area contributed by atoms with Crippen molar-refractivity contribution in [2.45, 2.75) is 13.3 Å². The molecule has 0 saturated carbocycles. The number of benzene rings is 1. The molecule has 0 fully saturated rings. The maximum absolute atomic E-state index is 9.37. The third kappa shape index (κ3) is 5.67. The van der Waals surface area contributed by atoms with E-state index in [0.29, 0.717) is 15.7 Å². The van der Waals surface area contributed by atoms with Crippen LogP contribution >= 0.6 is 23.2 Å². The highest BCUT2D eigenvalue weighted by Crippen LogP contribution is 2.23. The van der Waals surface area contributed by atoms with Gasteiger partial charge in [0.1, 0.15) is 0 Å². The van der Waals surface area contributed by atoms with Crippen molar-refractivity contribution in [2.24, 2.45) is 0 Å². The second kappa shape index (κ2) is 6.51. The van der Waals surface area contributed by atoms with Gasteiger partial charge in [-0.1, -0.05) is 30.1 Å². The molecule has 14 heavy (non-hydrogen) atoms. The van der Waals surface area contributed by atoms with Gasteiger partial charge >= 0.3 is 5.97 Å². The fourth-order valence-electron chi connectivity index (χ4n) is 0.512. The van der Waals surface area contributed by atoms with Gasteiger partial charge in [-0.2, -0.15) is 0 Å². The summed E-state index contributed by atoms with van der Waals surface area (Å²) in [4.78, 5) is 9.37. The second-order valence-electron chi connectivity index (χ2n) is 2.42. The molecule has 0 bridgehead atoms. The molecule has 0 unspecified atom stereocenters. The molecule has 0 aliphatic rings. The highest BCUT2D eigenvalue weighted by atomic mass is 35.5. The Morgan fingerprint density at radius 2 is 1.93 bits per heavy atom. The van der Waals surface area contributed by atoms with Gasteiger partial charge in [0.05, 0.1) is 10.0 Å². The molecule has 3 nitrogen and oxygen atoms in total. The first-order valence-electron chi connectivity index (χ1n) is 3.89. The summed E-state index contributed by atoms with van der Waals surface area (Å²) in [5, 5.41) is 8.75. The number of nitrogens with two attached hydrogens (primary N) is 1. The summed E-state index contributed by atoms with van der Waals surface area (Å²) in [5.41, 5.74) is 6.01.